The van der Waals surface area contributed by atoms with Crippen LogP contribution in [0, 0.1) is 19.7 Å². The average molecular weight is 300 g/mol. The van der Waals surface area contributed by atoms with Gasteiger partial charge in [-0.2, -0.15) is 0 Å². The van der Waals surface area contributed by atoms with Gasteiger partial charge in [-0.25, -0.2) is 9.37 Å². The van der Waals surface area contributed by atoms with Crippen LogP contribution < -0.4 is 11.1 Å². The molecule has 0 saturated heterocycles. The van der Waals surface area contributed by atoms with Gasteiger partial charge in [-0.05, 0) is 26.8 Å². The Morgan fingerprint density at radius 3 is 2.68 bits per heavy atom. The second-order valence-electron chi connectivity index (χ2n) is 4.40. The number of nitrogen functional groups attached to an aromatic ring is 1. The van der Waals surface area contributed by atoms with Gasteiger partial charge < -0.3 is 11.1 Å². The molecular weight excluding hydrogens is 285 g/mol. The number of nitrogens with zero attached hydrogens (tertiary/aromatic N) is 1. The van der Waals surface area contributed by atoms with Gasteiger partial charge in [-0.1, -0.05) is 11.6 Å². The highest BCUT2D eigenvalue weighted by molar-refractivity contribution is 7.11. The van der Waals surface area contributed by atoms with E-state index in [1.54, 1.807) is 11.3 Å². The molecule has 0 aliphatic heterocycles. The highest BCUT2D eigenvalue weighted by Crippen LogP contribution is 2.31. The highest BCUT2D eigenvalue weighted by atomic mass is 35.5. The van der Waals surface area contributed by atoms with E-state index >= 15 is 0 Å². The van der Waals surface area contributed by atoms with Crippen LogP contribution in [0.25, 0.3) is 0 Å². The Morgan fingerprint density at radius 2 is 2.11 bits per heavy atom. The molecule has 102 valence electrons. The number of aromatic nitrogens is 1. The third-order valence-electron chi connectivity index (χ3n) is 2.80. The molecule has 0 bridgehead atoms. The molecule has 1 aromatic heterocycles. The van der Waals surface area contributed by atoms with E-state index in [1.165, 1.54) is 12.1 Å². The molecule has 2 aromatic rings. The molecule has 0 spiro atoms. The van der Waals surface area contributed by atoms with Gasteiger partial charge in [0.05, 0.1) is 33.1 Å². The van der Waals surface area contributed by atoms with E-state index in [0.29, 0.717) is 11.4 Å². The first-order valence-electron chi connectivity index (χ1n) is 5.83. The summed E-state index contributed by atoms with van der Waals surface area (Å²) in [7, 11) is 0. The van der Waals surface area contributed by atoms with Crippen LogP contribution in [0.15, 0.2) is 12.1 Å². The van der Waals surface area contributed by atoms with Crippen molar-refractivity contribution < 1.29 is 4.39 Å². The van der Waals surface area contributed by atoms with Crippen molar-refractivity contribution in [2.75, 3.05) is 11.1 Å². The molecule has 1 unspecified atom stereocenters. The summed E-state index contributed by atoms with van der Waals surface area (Å²) in [6.45, 7) is 5.92. The molecule has 0 amide bonds. The molecule has 0 radical (unpaired) electrons. The quantitative estimate of drug-likeness (QED) is 0.830. The first-order valence-corrected chi connectivity index (χ1v) is 7.03. The van der Waals surface area contributed by atoms with Crippen molar-refractivity contribution >= 4 is 34.3 Å². The van der Waals surface area contributed by atoms with Crippen LogP contribution in [-0.4, -0.2) is 4.98 Å². The molecule has 1 atom stereocenters. The third-order valence-corrected chi connectivity index (χ3v) is 4.34. The van der Waals surface area contributed by atoms with Crippen LogP contribution in [0.2, 0.25) is 5.02 Å². The minimum atomic E-state index is -0.484. The lowest BCUT2D eigenvalue weighted by molar-refractivity contribution is 0.628. The number of nitrogens with two attached hydrogens (primary N) is 1. The van der Waals surface area contributed by atoms with E-state index < -0.39 is 5.82 Å². The molecule has 2 rings (SSSR count). The van der Waals surface area contributed by atoms with Crippen molar-refractivity contribution in [3.05, 3.63) is 38.6 Å². The smallest absolute Gasteiger partial charge is 0.143 e. The Kier molecular flexibility index (Phi) is 3.96. The number of benzene rings is 1. The van der Waals surface area contributed by atoms with E-state index in [4.69, 9.17) is 17.3 Å². The van der Waals surface area contributed by atoms with Gasteiger partial charge in [-0.3, -0.25) is 0 Å². The molecule has 19 heavy (non-hydrogen) atoms. The Balaban J connectivity index is 2.26. The predicted octanol–water partition coefficient (Wildman–Crippen LogP) is 4.31. The largest absolute Gasteiger partial charge is 0.397 e. The minimum absolute atomic E-state index is 0.00840. The summed E-state index contributed by atoms with van der Waals surface area (Å²) in [5.41, 5.74) is 7.79. The SMILES string of the molecule is Cc1nc(C)c(C(C)Nc2cc(F)c(Cl)cc2N)s1. The molecule has 3 nitrogen and oxygen atoms in total. The van der Waals surface area contributed by atoms with E-state index in [-0.39, 0.29) is 11.1 Å². The van der Waals surface area contributed by atoms with Crippen molar-refractivity contribution in [1.82, 2.24) is 4.98 Å². The molecule has 0 aliphatic carbocycles. The number of anilines is 2. The second-order valence-corrected chi connectivity index (χ2v) is 6.04. The number of thiazole rings is 1. The van der Waals surface area contributed by atoms with Crippen LogP contribution >= 0.6 is 22.9 Å². The summed E-state index contributed by atoms with van der Waals surface area (Å²) >= 11 is 7.30. The van der Waals surface area contributed by atoms with E-state index in [9.17, 15) is 4.39 Å². The summed E-state index contributed by atoms with van der Waals surface area (Å²) in [6.07, 6.45) is 0. The first-order chi connectivity index (χ1) is 8.88. The summed E-state index contributed by atoms with van der Waals surface area (Å²) in [5.74, 6) is -0.484. The van der Waals surface area contributed by atoms with E-state index in [0.717, 1.165) is 15.6 Å². The number of hydrogen-bond acceptors (Lipinski definition) is 4. The summed E-state index contributed by atoms with van der Waals surface area (Å²) in [5, 5.41) is 4.23. The van der Waals surface area contributed by atoms with Crippen LogP contribution in [-0.2, 0) is 0 Å². The van der Waals surface area contributed by atoms with Crippen molar-refractivity contribution in [3.63, 3.8) is 0 Å². The predicted molar refractivity (Wildman–Crippen MR) is 79.4 cm³/mol. The zero-order chi connectivity index (χ0) is 14.2. The number of halogens is 2. The van der Waals surface area contributed by atoms with Crippen molar-refractivity contribution in [3.8, 4) is 0 Å². The number of nitrogens with one attached hydrogen (secondary N) is 1. The van der Waals surface area contributed by atoms with E-state index in [2.05, 4.69) is 10.3 Å². The molecule has 0 saturated carbocycles. The zero-order valence-electron chi connectivity index (χ0n) is 10.9. The molecule has 1 aromatic carbocycles. The van der Waals surface area contributed by atoms with Gasteiger partial charge >= 0.3 is 0 Å². The fourth-order valence-corrected chi connectivity index (χ4v) is 3.04. The summed E-state index contributed by atoms with van der Waals surface area (Å²) < 4.78 is 13.5. The monoisotopic (exact) mass is 299 g/mol. The Bertz CT molecular complexity index is 612. The van der Waals surface area contributed by atoms with Gasteiger partial charge in [-0.15, -0.1) is 11.3 Å². The molecule has 1 heterocycles. The molecule has 0 fully saturated rings. The highest BCUT2D eigenvalue weighted by Gasteiger charge is 2.15. The second kappa shape index (κ2) is 5.35. The number of hydrogen-bond donors (Lipinski definition) is 2. The molecule has 6 heteroatoms. The van der Waals surface area contributed by atoms with Gasteiger partial charge in [0.25, 0.3) is 0 Å². The average Bonchev–Trinajstić information content (AvgIpc) is 2.65. The molecule has 3 N–H and O–H groups in total. The lowest BCUT2D eigenvalue weighted by Gasteiger charge is -2.16. The molecular formula is C13H15ClFN3S. The maximum absolute atomic E-state index is 13.5. The number of rotatable bonds is 3. The Labute approximate surface area is 120 Å². The first kappa shape index (κ1) is 14.1. The lowest BCUT2D eigenvalue weighted by atomic mass is 10.2. The van der Waals surface area contributed by atoms with Gasteiger partial charge in [0.1, 0.15) is 5.82 Å². The van der Waals surface area contributed by atoms with Gasteiger partial charge in [0, 0.05) is 10.9 Å². The standard InChI is InChI=1S/C13H15ClFN3S/c1-6-13(19-8(3)17-6)7(2)18-12-5-10(15)9(14)4-11(12)16/h4-5,7,18H,16H2,1-3H3. The number of aryl methyl sites for hydroxylation is 2. The summed E-state index contributed by atoms with van der Waals surface area (Å²) in [6, 6.07) is 2.74. The third kappa shape index (κ3) is 2.98. The maximum atomic E-state index is 13.5. The fraction of sp³-hybridized carbons (Fsp3) is 0.308. The van der Waals surface area contributed by atoms with Crippen LogP contribution in [0.5, 0.6) is 0 Å². The topological polar surface area (TPSA) is 50.9 Å². The van der Waals surface area contributed by atoms with Crippen LogP contribution in [0.3, 0.4) is 0 Å². The van der Waals surface area contributed by atoms with Crippen LogP contribution in [0.4, 0.5) is 15.8 Å². The van der Waals surface area contributed by atoms with E-state index in [1.807, 2.05) is 20.8 Å². The molecule has 0 aliphatic rings. The maximum Gasteiger partial charge on any atom is 0.143 e. The Morgan fingerprint density at radius 1 is 1.42 bits per heavy atom. The van der Waals surface area contributed by atoms with Crippen molar-refractivity contribution in [1.29, 1.82) is 0 Å². The van der Waals surface area contributed by atoms with Gasteiger partial charge in [0.2, 0.25) is 0 Å². The lowest BCUT2D eigenvalue weighted by Crippen LogP contribution is -2.08. The van der Waals surface area contributed by atoms with Crippen molar-refractivity contribution in [2.45, 2.75) is 26.8 Å². The normalized spacial score (nSPS) is 12.5. The Hall–Kier alpha value is -1.33. The zero-order valence-corrected chi connectivity index (χ0v) is 12.5. The van der Waals surface area contributed by atoms with Crippen LogP contribution in [0.1, 0.15) is 28.5 Å². The summed E-state index contributed by atoms with van der Waals surface area (Å²) in [4.78, 5) is 5.50. The minimum Gasteiger partial charge on any atom is -0.397 e. The van der Waals surface area contributed by atoms with Gasteiger partial charge in [0.15, 0.2) is 0 Å². The fourth-order valence-electron chi connectivity index (χ4n) is 1.93. The van der Waals surface area contributed by atoms with Crippen molar-refractivity contribution in [2.24, 2.45) is 0 Å².